The number of aryl methyl sites for hydroxylation is 1. The number of fused-ring (bicyclic) bond motifs is 3. The Balaban J connectivity index is 0.855. The fourth-order valence-corrected chi connectivity index (χ4v) is 12.7. The monoisotopic (exact) mass is 1160 g/mol. The summed E-state index contributed by atoms with van der Waals surface area (Å²) in [6.07, 6.45) is -16.4. The number of phosphoric ester groups is 3. The Morgan fingerprint density at radius 1 is 0.711 bits per heavy atom. The summed E-state index contributed by atoms with van der Waals surface area (Å²) in [4.78, 5) is 106. The van der Waals surface area contributed by atoms with Crippen molar-refractivity contribution in [3.05, 3.63) is 46.0 Å². The predicted molar refractivity (Wildman–Crippen MR) is 235 cm³/mol. The standard InChI is InChI=1S/C33H45N15O24P4/c1-36-23-14-24(38-7-37-23)46(8-39-14)31-22(70-73(55,56)64-4-11-17(49)19(51)29(67-11)47-9-40-15-25(47)41-32(34)43-27(15)53)21(63-3)13(69-31)6-66-75(59,60)72-76(61,62)71-74(57,58)65-5-12-18(50)20(52)30(68-12)48-10-45(2)16-26(48)42-33(35)44-28(16)54/h7-13,17-22,29-31,49-52H,4-6H2,1-3H3,(H10-,34,35,36,37,38,41,42,43,44,53,54,55,56,57,58,59,60,61,62)/p-3/t11-,12-,13-,17-,18-,19-,20-,21-,22-,29-,30-,31-/m1/s1. The van der Waals surface area contributed by atoms with Gasteiger partial charge in [-0.1, -0.05) is 4.98 Å². The van der Waals surface area contributed by atoms with Gasteiger partial charge in [0.1, 0.15) is 66.8 Å². The van der Waals surface area contributed by atoms with E-state index in [1.807, 2.05) is 0 Å². The number of ether oxygens (including phenoxy) is 4. The molecule has 39 nitrogen and oxygen atoms in total. The molecule has 43 heteroatoms. The van der Waals surface area contributed by atoms with Crippen LogP contribution in [0.25, 0.3) is 33.5 Å². The van der Waals surface area contributed by atoms with Crippen LogP contribution in [0, 0.1) is 0 Å². The molecule has 11 N–H and O–H groups in total. The van der Waals surface area contributed by atoms with Crippen molar-refractivity contribution in [2.24, 2.45) is 7.05 Å². The largest absolute Gasteiger partial charge is 0.756 e. The molecule has 0 bridgehead atoms. The Morgan fingerprint density at radius 3 is 1.93 bits per heavy atom. The number of anilines is 3. The molecule has 416 valence electrons. The van der Waals surface area contributed by atoms with Gasteiger partial charge < -0.3 is 93.8 Å². The molecule has 3 aliphatic rings. The van der Waals surface area contributed by atoms with Crippen LogP contribution in [0.15, 0.2) is 34.9 Å². The highest BCUT2D eigenvalue weighted by Crippen LogP contribution is 2.63. The second-order valence-corrected chi connectivity index (χ2v) is 22.5. The van der Waals surface area contributed by atoms with Crippen molar-refractivity contribution in [3.8, 4) is 0 Å². The Labute approximate surface area is 421 Å². The highest BCUT2D eigenvalue weighted by Gasteiger charge is 2.51. The molecule has 0 spiro atoms. The van der Waals surface area contributed by atoms with Gasteiger partial charge in [-0.25, -0.2) is 33.1 Å². The van der Waals surface area contributed by atoms with Crippen molar-refractivity contribution in [1.82, 2.24) is 53.6 Å². The number of H-pyrrole nitrogens is 2. The Kier molecular flexibility index (Phi) is 15.3. The Morgan fingerprint density at radius 2 is 1.28 bits per heavy atom. The van der Waals surface area contributed by atoms with Crippen molar-refractivity contribution < 1.29 is 108 Å². The lowest BCUT2D eigenvalue weighted by atomic mass is 10.1. The predicted octanol–water partition coefficient (Wildman–Crippen LogP) is -6.78. The number of rotatable bonds is 20. The average Bonchev–Trinajstić information content (AvgIpc) is 4.19. The van der Waals surface area contributed by atoms with Crippen LogP contribution in [0.1, 0.15) is 18.7 Å². The summed E-state index contributed by atoms with van der Waals surface area (Å²) < 4.78 is 107. The van der Waals surface area contributed by atoms with E-state index in [1.54, 1.807) is 0 Å². The number of aliphatic hydroxyl groups is 4. The third kappa shape index (κ3) is 11.0. The fourth-order valence-electron chi connectivity index (χ4n) is 8.44. The second kappa shape index (κ2) is 20.9. The molecule has 76 heavy (non-hydrogen) atoms. The zero-order chi connectivity index (χ0) is 55.0. The molecule has 3 aliphatic heterocycles. The number of aromatic nitrogens is 12. The van der Waals surface area contributed by atoms with Gasteiger partial charge in [0.05, 0.1) is 39.5 Å². The van der Waals surface area contributed by atoms with Gasteiger partial charge in [0.2, 0.25) is 17.7 Å². The summed E-state index contributed by atoms with van der Waals surface area (Å²) in [5.41, 5.74) is 9.43. The normalized spacial score (nSPS) is 30.2. The number of phosphoric acid groups is 4. The third-order valence-electron chi connectivity index (χ3n) is 11.7. The van der Waals surface area contributed by atoms with Crippen LogP contribution < -0.4 is 52.0 Å². The van der Waals surface area contributed by atoms with E-state index in [2.05, 4.69) is 58.3 Å². The van der Waals surface area contributed by atoms with E-state index in [-0.39, 0.29) is 51.2 Å². The lowest BCUT2D eigenvalue weighted by molar-refractivity contribution is -0.745. The SMILES string of the molecule is CNc1ncnc2c1ncn2[C@@H]1O[C@H](COP(=O)([O-])OP(=O)([O-])OP(=O)([O-])OC[C@H]2O[C@@H]([n+]3cn(C)c4c(=O)[nH]c(N)nc43)[C@H](O)[C@@H]2O)[C@@H](OC)[C@H]1OP(=O)([O-])OC[C@H]1O[C@@H](n2cnc3c(=O)[nH]c(N)nc32)[C@H](O)[C@@H]1O. The summed E-state index contributed by atoms with van der Waals surface area (Å²) in [5.74, 6) is -0.461. The van der Waals surface area contributed by atoms with E-state index in [9.17, 15) is 67.8 Å². The first-order valence-electron chi connectivity index (χ1n) is 21.5. The molecule has 0 radical (unpaired) electrons. The molecule has 9 rings (SSSR count). The zero-order valence-electron chi connectivity index (χ0n) is 38.7. The summed E-state index contributed by atoms with van der Waals surface area (Å²) in [7, 11) is -20.7. The topological polar surface area (TPSA) is 560 Å². The maximum atomic E-state index is 13.6. The van der Waals surface area contributed by atoms with Crippen LogP contribution in [-0.4, -0.2) is 163 Å². The number of aliphatic hydroxyl groups excluding tert-OH is 4. The van der Waals surface area contributed by atoms with E-state index in [1.165, 1.54) is 25.0 Å². The number of nitrogens with two attached hydrogens (primary N) is 2. The van der Waals surface area contributed by atoms with Crippen LogP contribution in [0.3, 0.4) is 0 Å². The molecule has 0 aromatic carbocycles. The first-order valence-corrected chi connectivity index (χ1v) is 27.4. The molecule has 0 saturated carbocycles. The smallest absolute Gasteiger partial charge is 0.313 e. The summed E-state index contributed by atoms with van der Waals surface area (Å²) >= 11 is 0. The summed E-state index contributed by atoms with van der Waals surface area (Å²) in [6, 6.07) is 0. The van der Waals surface area contributed by atoms with E-state index in [0.29, 0.717) is 0 Å². The molecule has 3 saturated heterocycles. The molecule has 6 aromatic rings. The van der Waals surface area contributed by atoms with Gasteiger partial charge in [-0.15, -0.1) is 0 Å². The number of methoxy groups -OCH3 is 1. The molecular weight excluding hydrogens is 1110 g/mol. The molecule has 16 atom stereocenters. The maximum Gasteiger partial charge on any atom is 0.313 e. The van der Waals surface area contributed by atoms with Gasteiger partial charge in [-0.2, -0.15) is 4.98 Å². The maximum absolute atomic E-state index is 13.6. The molecule has 0 amide bonds. The number of nitrogens with zero attached hydrogens (tertiary/aromatic N) is 10. The molecule has 9 heterocycles. The molecule has 0 aliphatic carbocycles. The van der Waals surface area contributed by atoms with Crippen molar-refractivity contribution in [3.63, 3.8) is 0 Å². The van der Waals surface area contributed by atoms with Crippen molar-refractivity contribution in [2.45, 2.75) is 73.6 Å². The van der Waals surface area contributed by atoms with Gasteiger partial charge in [0, 0.05) is 14.2 Å². The lowest BCUT2D eigenvalue weighted by Crippen LogP contribution is -2.46. The van der Waals surface area contributed by atoms with Crippen molar-refractivity contribution in [2.75, 3.05) is 50.8 Å². The first-order chi connectivity index (χ1) is 35.7. The van der Waals surface area contributed by atoms with Crippen LogP contribution in [0.4, 0.5) is 17.7 Å². The van der Waals surface area contributed by atoms with Gasteiger partial charge in [0.25, 0.3) is 48.4 Å². The van der Waals surface area contributed by atoms with E-state index >= 15 is 0 Å². The minimum absolute atomic E-state index is 0.0234. The van der Waals surface area contributed by atoms with Crippen molar-refractivity contribution >= 4 is 82.5 Å². The number of nitrogen functional groups attached to an aromatic ring is 2. The number of imidazole rings is 3. The van der Waals surface area contributed by atoms with Crippen LogP contribution in [0.2, 0.25) is 0 Å². The molecule has 3 fully saturated rings. The minimum Gasteiger partial charge on any atom is -0.756 e. The minimum atomic E-state index is -6.54. The molecule has 4 unspecified atom stereocenters. The van der Waals surface area contributed by atoms with Crippen molar-refractivity contribution in [1.29, 1.82) is 0 Å². The van der Waals surface area contributed by atoms with E-state index in [4.69, 9.17) is 44.0 Å². The van der Waals surface area contributed by atoms with Gasteiger partial charge in [-0.3, -0.25) is 51.5 Å². The van der Waals surface area contributed by atoms with E-state index < -0.39 is 136 Å². The van der Waals surface area contributed by atoms with E-state index in [0.717, 1.165) is 39.8 Å². The van der Waals surface area contributed by atoms with Gasteiger partial charge in [-0.05, 0) is 0 Å². The van der Waals surface area contributed by atoms with Crippen LogP contribution in [0.5, 0.6) is 0 Å². The lowest BCUT2D eigenvalue weighted by Gasteiger charge is -2.35. The quantitative estimate of drug-likeness (QED) is 0.0253. The second-order valence-electron chi connectivity index (χ2n) is 16.6. The third-order valence-corrected chi connectivity index (χ3v) is 16.8. The Hall–Kier alpha value is -5.15. The first kappa shape index (κ1) is 55.6. The van der Waals surface area contributed by atoms with Crippen LogP contribution in [-0.2, 0) is 71.0 Å². The number of nitrogens with one attached hydrogen (secondary N) is 3. The summed E-state index contributed by atoms with van der Waals surface area (Å²) in [5, 5.41) is 45.9. The van der Waals surface area contributed by atoms with Gasteiger partial charge in [0.15, 0.2) is 41.4 Å². The molecule has 6 aromatic heterocycles. The zero-order valence-corrected chi connectivity index (χ0v) is 42.3. The highest BCUT2D eigenvalue weighted by molar-refractivity contribution is 7.65. The summed E-state index contributed by atoms with van der Waals surface area (Å²) in [6.45, 7) is -3.55. The fraction of sp³-hybridized carbons (Fsp3) is 0.545. The number of hydrogen-bond acceptors (Lipinski definition) is 33. The Bertz CT molecular complexity index is 3490. The number of hydrogen-bond donors (Lipinski definition) is 9. The van der Waals surface area contributed by atoms with Crippen LogP contribution >= 0.6 is 31.3 Å². The van der Waals surface area contributed by atoms with Gasteiger partial charge >= 0.3 is 5.65 Å². The molecular formula is C33H42N15O24P4-3. The highest BCUT2D eigenvalue weighted by atomic mass is 31.3. The number of aromatic amines is 2. The average molecular weight is 1160 g/mol.